The van der Waals surface area contributed by atoms with Crippen molar-refractivity contribution in [1.29, 1.82) is 0 Å². The highest BCUT2D eigenvalue weighted by Gasteiger charge is 2.11. The van der Waals surface area contributed by atoms with E-state index in [0.29, 0.717) is 17.7 Å². The lowest BCUT2D eigenvalue weighted by Gasteiger charge is -2.07. The van der Waals surface area contributed by atoms with E-state index in [4.69, 9.17) is 0 Å². The van der Waals surface area contributed by atoms with Crippen molar-refractivity contribution in [3.05, 3.63) is 90.8 Å². The predicted octanol–water partition coefficient (Wildman–Crippen LogP) is 3.99. The van der Waals surface area contributed by atoms with Crippen molar-refractivity contribution < 1.29 is 4.79 Å². The van der Waals surface area contributed by atoms with Crippen LogP contribution >= 0.6 is 0 Å². The van der Waals surface area contributed by atoms with Crippen LogP contribution in [0.15, 0.2) is 85.2 Å². The van der Waals surface area contributed by atoms with Crippen LogP contribution in [0.3, 0.4) is 0 Å². The molecule has 0 amide bonds. The minimum Gasteiger partial charge on any atom is -0.289 e. The standard InChI is InChI=1S/C19H16N2O/c1-15(14-21-13-5-12-20-21)19(22)18-10-8-17(9-11-18)16-6-3-2-4-7-16/h2-13H,1,14H2. The molecule has 3 nitrogen and oxygen atoms in total. The van der Waals surface area contributed by atoms with Gasteiger partial charge in [-0.05, 0) is 17.2 Å². The van der Waals surface area contributed by atoms with E-state index in [2.05, 4.69) is 11.7 Å². The summed E-state index contributed by atoms with van der Waals surface area (Å²) in [6.45, 7) is 4.29. The van der Waals surface area contributed by atoms with E-state index in [-0.39, 0.29) is 5.78 Å². The highest BCUT2D eigenvalue weighted by molar-refractivity contribution is 6.08. The molecule has 0 saturated carbocycles. The molecule has 1 aromatic heterocycles. The number of carbonyl (C=O) groups is 1. The van der Waals surface area contributed by atoms with Gasteiger partial charge < -0.3 is 0 Å². The maximum Gasteiger partial charge on any atom is 0.190 e. The molecule has 1 heterocycles. The van der Waals surface area contributed by atoms with Crippen molar-refractivity contribution >= 4 is 5.78 Å². The SMILES string of the molecule is C=C(Cn1cccn1)C(=O)c1ccc(-c2ccccc2)cc1. The van der Waals surface area contributed by atoms with E-state index in [1.807, 2.05) is 66.9 Å². The third kappa shape index (κ3) is 3.04. The average Bonchev–Trinajstić information content (AvgIpc) is 3.08. The maximum atomic E-state index is 12.4. The summed E-state index contributed by atoms with van der Waals surface area (Å²) in [6, 6.07) is 19.5. The molecule has 2 aromatic carbocycles. The molecule has 3 rings (SSSR count). The second-order valence-corrected chi connectivity index (χ2v) is 5.08. The van der Waals surface area contributed by atoms with Gasteiger partial charge in [-0.2, -0.15) is 5.10 Å². The summed E-state index contributed by atoms with van der Waals surface area (Å²) in [5.74, 6) is -0.0462. The van der Waals surface area contributed by atoms with E-state index in [9.17, 15) is 4.79 Å². The lowest BCUT2D eigenvalue weighted by Crippen LogP contribution is -2.09. The van der Waals surface area contributed by atoms with Crippen LogP contribution in [0.5, 0.6) is 0 Å². The third-order valence-electron chi connectivity index (χ3n) is 3.49. The molecular formula is C19H16N2O. The van der Waals surface area contributed by atoms with Gasteiger partial charge in [-0.1, -0.05) is 61.2 Å². The first kappa shape index (κ1) is 14.0. The van der Waals surface area contributed by atoms with Crippen LogP contribution in [0.2, 0.25) is 0 Å². The minimum absolute atomic E-state index is 0.0462. The lowest BCUT2D eigenvalue weighted by atomic mass is 10.00. The molecule has 0 aliphatic carbocycles. The van der Waals surface area contributed by atoms with Crippen molar-refractivity contribution in [3.63, 3.8) is 0 Å². The Morgan fingerprint density at radius 1 is 0.955 bits per heavy atom. The number of ketones is 1. The summed E-state index contributed by atoms with van der Waals surface area (Å²) in [4.78, 5) is 12.4. The number of aromatic nitrogens is 2. The molecule has 0 spiro atoms. The van der Waals surface area contributed by atoms with Crippen LogP contribution in [-0.2, 0) is 6.54 Å². The topological polar surface area (TPSA) is 34.9 Å². The van der Waals surface area contributed by atoms with E-state index in [1.54, 1.807) is 10.9 Å². The van der Waals surface area contributed by atoms with Crippen LogP contribution in [-0.4, -0.2) is 15.6 Å². The molecule has 0 atom stereocenters. The molecule has 108 valence electrons. The Labute approximate surface area is 129 Å². The van der Waals surface area contributed by atoms with Gasteiger partial charge in [0, 0.05) is 23.5 Å². The number of rotatable bonds is 5. The Balaban J connectivity index is 1.75. The van der Waals surface area contributed by atoms with Gasteiger partial charge in [0.2, 0.25) is 0 Å². The van der Waals surface area contributed by atoms with Crippen LogP contribution in [0.25, 0.3) is 11.1 Å². The Morgan fingerprint density at radius 3 is 2.27 bits per heavy atom. The molecule has 0 unspecified atom stereocenters. The molecule has 0 radical (unpaired) electrons. The molecule has 0 N–H and O–H groups in total. The Bertz CT molecular complexity index is 772. The van der Waals surface area contributed by atoms with Gasteiger partial charge in [0.25, 0.3) is 0 Å². The van der Waals surface area contributed by atoms with Gasteiger partial charge in [-0.3, -0.25) is 9.48 Å². The summed E-state index contributed by atoms with van der Waals surface area (Å²) < 4.78 is 1.69. The quantitative estimate of drug-likeness (QED) is 0.525. The molecule has 0 saturated heterocycles. The fourth-order valence-electron chi connectivity index (χ4n) is 2.31. The summed E-state index contributed by atoms with van der Waals surface area (Å²) in [5.41, 5.74) is 3.40. The first-order valence-electron chi connectivity index (χ1n) is 7.09. The van der Waals surface area contributed by atoms with Gasteiger partial charge >= 0.3 is 0 Å². The predicted molar refractivity (Wildman–Crippen MR) is 87.6 cm³/mol. The van der Waals surface area contributed by atoms with Crippen molar-refractivity contribution in [2.45, 2.75) is 6.54 Å². The Hall–Kier alpha value is -2.94. The Morgan fingerprint density at radius 2 is 1.64 bits per heavy atom. The number of nitrogens with zero attached hydrogens (tertiary/aromatic N) is 2. The zero-order valence-corrected chi connectivity index (χ0v) is 12.1. The zero-order chi connectivity index (χ0) is 15.4. The number of hydrogen-bond donors (Lipinski definition) is 0. The summed E-state index contributed by atoms with van der Waals surface area (Å²) >= 11 is 0. The van der Waals surface area contributed by atoms with Crippen LogP contribution < -0.4 is 0 Å². The lowest BCUT2D eigenvalue weighted by molar-refractivity contribution is 0.102. The number of allylic oxidation sites excluding steroid dienone is 1. The molecule has 0 aliphatic rings. The molecule has 22 heavy (non-hydrogen) atoms. The first-order chi connectivity index (χ1) is 10.7. The van der Waals surface area contributed by atoms with Crippen molar-refractivity contribution in [3.8, 4) is 11.1 Å². The molecule has 3 heteroatoms. The summed E-state index contributed by atoms with van der Waals surface area (Å²) in [7, 11) is 0. The van der Waals surface area contributed by atoms with Crippen molar-refractivity contribution in [1.82, 2.24) is 9.78 Å². The molecular weight excluding hydrogens is 272 g/mol. The van der Waals surface area contributed by atoms with E-state index >= 15 is 0 Å². The fourth-order valence-corrected chi connectivity index (χ4v) is 2.31. The fraction of sp³-hybridized carbons (Fsp3) is 0.0526. The summed E-state index contributed by atoms with van der Waals surface area (Å²) in [5, 5.41) is 4.09. The van der Waals surface area contributed by atoms with E-state index in [1.165, 1.54) is 0 Å². The Kier molecular flexibility index (Phi) is 3.97. The van der Waals surface area contributed by atoms with Gasteiger partial charge in [-0.15, -0.1) is 0 Å². The molecule has 3 aromatic rings. The zero-order valence-electron chi connectivity index (χ0n) is 12.1. The molecule has 0 bridgehead atoms. The largest absolute Gasteiger partial charge is 0.289 e. The van der Waals surface area contributed by atoms with E-state index < -0.39 is 0 Å². The minimum atomic E-state index is -0.0462. The van der Waals surface area contributed by atoms with E-state index in [0.717, 1.165) is 11.1 Å². The van der Waals surface area contributed by atoms with Gasteiger partial charge in [0.15, 0.2) is 5.78 Å². The van der Waals surface area contributed by atoms with Gasteiger partial charge in [-0.25, -0.2) is 0 Å². The number of carbonyl (C=O) groups excluding carboxylic acids is 1. The van der Waals surface area contributed by atoms with Gasteiger partial charge in [0.05, 0.1) is 6.54 Å². The number of Topliss-reactive ketones (excluding diaryl/α,β-unsaturated/α-hetero) is 1. The second-order valence-electron chi connectivity index (χ2n) is 5.08. The monoisotopic (exact) mass is 288 g/mol. The average molecular weight is 288 g/mol. The van der Waals surface area contributed by atoms with Crippen LogP contribution in [0.4, 0.5) is 0 Å². The normalized spacial score (nSPS) is 10.4. The highest BCUT2D eigenvalue weighted by Crippen LogP contribution is 2.20. The molecule has 0 fully saturated rings. The maximum absolute atomic E-state index is 12.4. The second kappa shape index (κ2) is 6.22. The first-order valence-corrected chi connectivity index (χ1v) is 7.09. The number of benzene rings is 2. The third-order valence-corrected chi connectivity index (χ3v) is 3.49. The van der Waals surface area contributed by atoms with Crippen molar-refractivity contribution in [2.75, 3.05) is 0 Å². The van der Waals surface area contributed by atoms with Crippen LogP contribution in [0, 0.1) is 0 Å². The van der Waals surface area contributed by atoms with Crippen LogP contribution in [0.1, 0.15) is 10.4 Å². The van der Waals surface area contributed by atoms with Gasteiger partial charge in [0.1, 0.15) is 0 Å². The molecule has 0 aliphatic heterocycles. The number of hydrogen-bond acceptors (Lipinski definition) is 2. The van der Waals surface area contributed by atoms with Crippen molar-refractivity contribution in [2.24, 2.45) is 0 Å². The summed E-state index contributed by atoms with van der Waals surface area (Å²) in [6.07, 6.45) is 3.50. The smallest absolute Gasteiger partial charge is 0.190 e. The highest BCUT2D eigenvalue weighted by atomic mass is 16.1.